The number of amides is 2. The highest BCUT2D eigenvalue weighted by Crippen LogP contribution is 2.29. The number of hydrogen-bond donors (Lipinski definition) is 2. The number of aromatic nitrogens is 1. The second kappa shape index (κ2) is 5.66. The Labute approximate surface area is 105 Å². The standard InChI is InChI=1S/C12H17N3O3/c1-2-3-6-13-11(17)9-7-18-12(14-9)15-10(16)8-4-5-8/h7-8H,2-6H2,1H3,(H,13,17)(H,14,15,16). The summed E-state index contributed by atoms with van der Waals surface area (Å²) in [5, 5.41) is 5.28. The Kier molecular flexibility index (Phi) is 3.96. The van der Waals surface area contributed by atoms with Gasteiger partial charge in [-0.3, -0.25) is 14.9 Å². The Bertz CT molecular complexity index is 438. The average molecular weight is 251 g/mol. The molecule has 0 unspecified atom stereocenters. The van der Waals surface area contributed by atoms with Crippen LogP contribution in [0.5, 0.6) is 0 Å². The molecule has 98 valence electrons. The van der Waals surface area contributed by atoms with E-state index < -0.39 is 0 Å². The van der Waals surface area contributed by atoms with E-state index in [1.165, 1.54) is 6.26 Å². The van der Waals surface area contributed by atoms with Crippen molar-refractivity contribution in [2.45, 2.75) is 32.6 Å². The van der Waals surface area contributed by atoms with Crippen molar-refractivity contribution < 1.29 is 14.0 Å². The molecule has 6 heteroatoms. The average Bonchev–Trinajstić information content (AvgIpc) is 3.10. The fraction of sp³-hybridized carbons (Fsp3) is 0.583. The summed E-state index contributed by atoms with van der Waals surface area (Å²) in [5.41, 5.74) is 0.192. The van der Waals surface area contributed by atoms with E-state index >= 15 is 0 Å². The molecule has 1 fully saturated rings. The molecule has 0 atom stereocenters. The number of nitrogens with zero attached hydrogens (tertiary/aromatic N) is 1. The normalized spacial score (nSPS) is 14.3. The third kappa shape index (κ3) is 3.32. The molecule has 1 aromatic heterocycles. The summed E-state index contributed by atoms with van der Waals surface area (Å²) in [4.78, 5) is 27.0. The van der Waals surface area contributed by atoms with Crippen molar-refractivity contribution in [1.29, 1.82) is 0 Å². The van der Waals surface area contributed by atoms with Crippen LogP contribution in [0.25, 0.3) is 0 Å². The Balaban J connectivity index is 1.84. The largest absolute Gasteiger partial charge is 0.431 e. The molecule has 0 spiro atoms. The van der Waals surface area contributed by atoms with E-state index in [-0.39, 0.29) is 29.4 Å². The van der Waals surface area contributed by atoms with Gasteiger partial charge in [-0.1, -0.05) is 13.3 Å². The van der Waals surface area contributed by atoms with Gasteiger partial charge in [-0.05, 0) is 19.3 Å². The molecule has 0 radical (unpaired) electrons. The first kappa shape index (κ1) is 12.6. The number of unbranched alkanes of at least 4 members (excludes halogenated alkanes) is 1. The number of oxazole rings is 1. The van der Waals surface area contributed by atoms with Gasteiger partial charge in [0, 0.05) is 12.5 Å². The van der Waals surface area contributed by atoms with E-state index in [0.29, 0.717) is 6.54 Å². The zero-order valence-electron chi connectivity index (χ0n) is 10.4. The summed E-state index contributed by atoms with van der Waals surface area (Å²) in [6, 6.07) is 0.0903. The van der Waals surface area contributed by atoms with Gasteiger partial charge in [0.05, 0.1) is 0 Å². The van der Waals surface area contributed by atoms with Crippen LogP contribution in [0.1, 0.15) is 43.1 Å². The zero-order chi connectivity index (χ0) is 13.0. The van der Waals surface area contributed by atoms with E-state index in [1.54, 1.807) is 0 Å². The number of hydrogen-bond acceptors (Lipinski definition) is 4. The maximum Gasteiger partial charge on any atom is 0.302 e. The second-order valence-corrected chi connectivity index (χ2v) is 4.41. The van der Waals surface area contributed by atoms with E-state index in [9.17, 15) is 9.59 Å². The van der Waals surface area contributed by atoms with E-state index in [0.717, 1.165) is 25.7 Å². The Morgan fingerprint density at radius 1 is 1.50 bits per heavy atom. The van der Waals surface area contributed by atoms with Crippen LogP contribution >= 0.6 is 0 Å². The van der Waals surface area contributed by atoms with Gasteiger partial charge in [-0.25, -0.2) is 0 Å². The maximum atomic E-state index is 11.6. The maximum absolute atomic E-state index is 11.6. The van der Waals surface area contributed by atoms with Crippen LogP contribution in [0.2, 0.25) is 0 Å². The van der Waals surface area contributed by atoms with Crippen LogP contribution in [0, 0.1) is 5.92 Å². The molecule has 0 bridgehead atoms. The minimum Gasteiger partial charge on any atom is -0.431 e. The van der Waals surface area contributed by atoms with Crippen LogP contribution in [0.15, 0.2) is 10.7 Å². The lowest BCUT2D eigenvalue weighted by atomic mass is 10.3. The molecule has 2 amide bonds. The molecule has 6 nitrogen and oxygen atoms in total. The van der Waals surface area contributed by atoms with Crippen molar-refractivity contribution in [1.82, 2.24) is 10.3 Å². The molecule has 1 aliphatic rings. The predicted molar refractivity (Wildman–Crippen MR) is 65.1 cm³/mol. The van der Waals surface area contributed by atoms with Crippen molar-refractivity contribution in [2.75, 3.05) is 11.9 Å². The number of carbonyl (C=O) groups excluding carboxylic acids is 2. The first-order chi connectivity index (χ1) is 8.70. The molecule has 2 N–H and O–H groups in total. The Morgan fingerprint density at radius 3 is 2.94 bits per heavy atom. The summed E-state index contributed by atoms with van der Waals surface area (Å²) in [7, 11) is 0. The molecule has 0 saturated heterocycles. The fourth-order valence-electron chi connectivity index (χ4n) is 1.46. The van der Waals surface area contributed by atoms with E-state index in [4.69, 9.17) is 4.42 Å². The second-order valence-electron chi connectivity index (χ2n) is 4.41. The molecule has 0 aliphatic heterocycles. The smallest absolute Gasteiger partial charge is 0.302 e. The summed E-state index contributed by atoms with van der Waals surface area (Å²) >= 11 is 0. The first-order valence-corrected chi connectivity index (χ1v) is 6.25. The van der Waals surface area contributed by atoms with Gasteiger partial charge in [0.15, 0.2) is 5.69 Å². The van der Waals surface area contributed by atoms with Gasteiger partial charge in [0.2, 0.25) is 5.91 Å². The van der Waals surface area contributed by atoms with Crippen LogP contribution < -0.4 is 10.6 Å². The lowest BCUT2D eigenvalue weighted by Gasteiger charge is -2.00. The lowest BCUT2D eigenvalue weighted by molar-refractivity contribution is -0.117. The van der Waals surface area contributed by atoms with Crippen LogP contribution in [0.4, 0.5) is 6.01 Å². The third-order valence-electron chi connectivity index (χ3n) is 2.73. The number of anilines is 1. The molecule has 18 heavy (non-hydrogen) atoms. The topological polar surface area (TPSA) is 84.2 Å². The van der Waals surface area contributed by atoms with Crippen LogP contribution in [-0.4, -0.2) is 23.3 Å². The Hall–Kier alpha value is -1.85. The summed E-state index contributed by atoms with van der Waals surface area (Å²) in [6.07, 6.45) is 5.02. The fourth-order valence-corrected chi connectivity index (χ4v) is 1.46. The molecular formula is C12H17N3O3. The summed E-state index contributed by atoms with van der Waals surface area (Å²) < 4.78 is 5.04. The van der Waals surface area contributed by atoms with Gasteiger partial charge < -0.3 is 9.73 Å². The molecule has 1 heterocycles. The van der Waals surface area contributed by atoms with Crippen molar-refractivity contribution in [3.8, 4) is 0 Å². The van der Waals surface area contributed by atoms with Crippen molar-refractivity contribution in [3.05, 3.63) is 12.0 Å². The summed E-state index contributed by atoms with van der Waals surface area (Å²) in [5.74, 6) is -0.285. The third-order valence-corrected chi connectivity index (χ3v) is 2.73. The predicted octanol–water partition coefficient (Wildman–Crippen LogP) is 1.55. The quantitative estimate of drug-likeness (QED) is 0.751. The van der Waals surface area contributed by atoms with E-state index in [2.05, 4.69) is 15.6 Å². The van der Waals surface area contributed by atoms with E-state index in [1.807, 2.05) is 6.92 Å². The molecule has 0 aromatic carbocycles. The minimum absolute atomic E-state index is 0.0822. The van der Waals surface area contributed by atoms with Crippen molar-refractivity contribution >= 4 is 17.8 Å². The number of rotatable bonds is 6. The van der Waals surface area contributed by atoms with Gasteiger partial charge in [0.25, 0.3) is 5.91 Å². The SMILES string of the molecule is CCCCNC(=O)c1coc(NC(=O)C2CC2)n1. The lowest BCUT2D eigenvalue weighted by Crippen LogP contribution is -2.24. The highest BCUT2D eigenvalue weighted by Gasteiger charge is 2.30. The van der Waals surface area contributed by atoms with Crippen molar-refractivity contribution in [3.63, 3.8) is 0 Å². The molecule has 1 aromatic rings. The highest BCUT2D eigenvalue weighted by molar-refractivity contribution is 5.94. The zero-order valence-corrected chi connectivity index (χ0v) is 10.4. The van der Waals surface area contributed by atoms with Gasteiger partial charge >= 0.3 is 6.01 Å². The Morgan fingerprint density at radius 2 is 2.28 bits per heavy atom. The molecule has 1 aliphatic carbocycles. The van der Waals surface area contributed by atoms with Crippen LogP contribution in [-0.2, 0) is 4.79 Å². The first-order valence-electron chi connectivity index (χ1n) is 6.25. The monoisotopic (exact) mass is 251 g/mol. The van der Waals surface area contributed by atoms with Gasteiger partial charge in [0.1, 0.15) is 6.26 Å². The molecular weight excluding hydrogens is 234 g/mol. The number of nitrogens with one attached hydrogen (secondary N) is 2. The minimum atomic E-state index is -0.279. The van der Waals surface area contributed by atoms with Crippen molar-refractivity contribution in [2.24, 2.45) is 5.92 Å². The van der Waals surface area contributed by atoms with Gasteiger partial charge in [-0.2, -0.15) is 4.98 Å². The molecule has 1 saturated carbocycles. The highest BCUT2D eigenvalue weighted by atomic mass is 16.4. The number of carbonyl (C=O) groups is 2. The van der Waals surface area contributed by atoms with Gasteiger partial charge in [-0.15, -0.1) is 0 Å². The molecule has 2 rings (SSSR count). The van der Waals surface area contributed by atoms with Crippen LogP contribution in [0.3, 0.4) is 0 Å². The summed E-state index contributed by atoms with van der Waals surface area (Å²) in [6.45, 7) is 2.67.